The molecule has 0 aliphatic carbocycles. The molecule has 0 radical (unpaired) electrons. The van der Waals surface area contributed by atoms with E-state index in [2.05, 4.69) is 23.8 Å². The number of Topliss-reactive ketones (excluding diaryl/α,β-unsaturated/α-hetero) is 1. The fourth-order valence-corrected chi connectivity index (χ4v) is 2.86. The number of hydrogen-bond donors (Lipinski definition) is 2. The van der Waals surface area contributed by atoms with Crippen molar-refractivity contribution in [2.45, 2.75) is 59.0 Å². The van der Waals surface area contributed by atoms with Gasteiger partial charge in [0.2, 0.25) is 0 Å². The second-order valence-electron chi connectivity index (χ2n) is 8.02. The van der Waals surface area contributed by atoms with E-state index in [1.807, 2.05) is 51.2 Å². The Labute approximate surface area is 161 Å². The molecule has 27 heavy (non-hydrogen) atoms. The molecule has 0 aliphatic heterocycles. The van der Waals surface area contributed by atoms with Gasteiger partial charge >= 0.3 is 6.09 Å². The second kappa shape index (κ2) is 8.89. The average molecular weight is 370 g/mol. The molecule has 5 heteroatoms. The third-order valence-electron chi connectivity index (χ3n) is 4.32. The van der Waals surface area contributed by atoms with Gasteiger partial charge in [-0.15, -0.1) is 6.58 Å². The third kappa shape index (κ3) is 6.59. The van der Waals surface area contributed by atoms with Gasteiger partial charge in [-0.1, -0.05) is 13.0 Å². The molecule has 5 nitrogen and oxygen atoms in total. The summed E-state index contributed by atoms with van der Waals surface area (Å²) in [6.07, 6.45) is 6.10. The van der Waals surface area contributed by atoms with E-state index >= 15 is 0 Å². The molecule has 1 aromatic heterocycles. The molecule has 0 saturated carbocycles. The van der Waals surface area contributed by atoms with Crippen molar-refractivity contribution in [3.8, 4) is 0 Å². The lowest BCUT2D eigenvalue weighted by molar-refractivity contribution is -0.118. The Morgan fingerprint density at radius 2 is 2.07 bits per heavy atom. The first-order valence-electron chi connectivity index (χ1n) is 9.42. The van der Waals surface area contributed by atoms with Crippen LogP contribution in [0.4, 0.5) is 10.5 Å². The summed E-state index contributed by atoms with van der Waals surface area (Å²) in [6.45, 7) is 11.3. The molecule has 1 heterocycles. The van der Waals surface area contributed by atoms with E-state index in [4.69, 9.17) is 4.74 Å². The highest BCUT2D eigenvalue weighted by Gasteiger charge is 2.17. The maximum atomic E-state index is 12.3. The number of fused-ring (bicyclic) bond motifs is 1. The highest BCUT2D eigenvalue weighted by atomic mass is 16.6. The number of aromatic amines is 1. The number of anilines is 1. The number of H-pyrrole nitrogens is 1. The van der Waals surface area contributed by atoms with E-state index in [0.717, 1.165) is 29.3 Å². The molecule has 1 amide bonds. The van der Waals surface area contributed by atoms with Crippen molar-refractivity contribution < 1.29 is 14.3 Å². The molecule has 146 valence electrons. The standard InChI is InChI=1S/C22H30N2O3/c1-6-15(2)8-7-9-18(25)12-16-14-23-20-11-10-17(13-19(16)20)24-21(26)27-22(3,4)5/h6,10-11,13-15,23H,1,7-9,12H2,2-5H3,(H,24,26). The Morgan fingerprint density at radius 3 is 2.74 bits per heavy atom. The van der Waals surface area contributed by atoms with Crippen LogP contribution in [0, 0.1) is 5.92 Å². The molecule has 1 unspecified atom stereocenters. The summed E-state index contributed by atoms with van der Waals surface area (Å²) in [5.41, 5.74) is 1.97. The fraction of sp³-hybridized carbons (Fsp3) is 0.455. The van der Waals surface area contributed by atoms with Gasteiger partial charge < -0.3 is 9.72 Å². The molecule has 0 bridgehead atoms. The fourth-order valence-electron chi connectivity index (χ4n) is 2.86. The van der Waals surface area contributed by atoms with Crippen molar-refractivity contribution in [3.05, 3.63) is 42.6 Å². The largest absolute Gasteiger partial charge is 0.444 e. The van der Waals surface area contributed by atoms with Crippen LogP contribution < -0.4 is 5.32 Å². The molecule has 0 aliphatic rings. The summed E-state index contributed by atoms with van der Waals surface area (Å²) in [6, 6.07) is 5.57. The highest BCUT2D eigenvalue weighted by molar-refractivity contribution is 5.94. The van der Waals surface area contributed by atoms with E-state index in [9.17, 15) is 9.59 Å². The number of rotatable bonds is 8. The third-order valence-corrected chi connectivity index (χ3v) is 4.32. The molecule has 2 N–H and O–H groups in total. The summed E-state index contributed by atoms with van der Waals surface area (Å²) in [5.74, 6) is 0.657. The van der Waals surface area contributed by atoms with Gasteiger partial charge in [-0.25, -0.2) is 4.79 Å². The Hall–Kier alpha value is -2.56. The minimum absolute atomic E-state index is 0.220. The van der Waals surface area contributed by atoms with Crippen LogP contribution >= 0.6 is 0 Å². The number of carbonyl (C=O) groups is 2. The van der Waals surface area contributed by atoms with Crippen LogP contribution in [0.25, 0.3) is 10.9 Å². The normalized spacial score (nSPS) is 12.6. The van der Waals surface area contributed by atoms with Gasteiger partial charge in [0.1, 0.15) is 11.4 Å². The second-order valence-corrected chi connectivity index (χ2v) is 8.02. The topological polar surface area (TPSA) is 71.2 Å². The van der Waals surface area contributed by atoms with Crippen molar-refractivity contribution in [3.63, 3.8) is 0 Å². The molecule has 1 atom stereocenters. The predicted octanol–water partition coefficient (Wildman–Crippen LogP) is 5.62. The van der Waals surface area contributed by atoms with Gasteiger partial charge in [0, 0.05) is 35.6 Å². The first kappa shape index (κ1) is 20.7. The average Bonchev–Trinajstić information content (AvgIpc) is 2.95. The van der Waals surface area contributed by atoms with Crippen LogP contribution in [0.3, 0.4) is 0 Å². The van der Waals surface area contributed by atoms with Crippen LogP contribution in [0.15, 0.2) is 37.1 Å². The van der Waals surface area contributed by atoms with Crippen LogP contribution in [0.1, 0.15) is 52.5 Å². The van der Waals surface area contributed by atoms with E-state index in [1.165, 1.54) is 0 Å². The summed E-state index contributed by atoms with van der Waals surface area (Å²) >= 11 is 0. The smallest absolute Gasteiger partial charge is 0.412 e. The first-order chi connectivity index (χ1) is 12.7. The van der Waals surface area contributed by atoms with Crippen molar-refractivity contribution in [1.29, 1.82) is 0 Å². The van der Waals surface area contributed by atoms with Crippen LogP contribution in [0.2, 0.25) is 0 Å². The van der Waals surface area contributed by atoms with Crippen molar-refractivity contribution in [2.75, 3.05) is 5.32 Å². The van der Waals surface area contributed by atoms with Gasteiger partial charge in [0.25, 0.3) is 0 Å². The Kier molecular flexibility index (Phi) is 6.83. The lowest BCUT2D eigenvalue weighted by atomic mass is 10.00. The van der Waals surface area contributed by atoms with Gasteiger partial charge in [0.05, 0.1) is 0 Å². The number of aromatic nitrogens is 1. The summed E-state index contributed by atoms with van der Waals surface area (Å²) in [7, 11) is 0. The number of ether oxygens (including phenoxy) is 1. The molecular weight excluding hydrogens is 340 g/mol. The number of allylic oxidation sites excluding steroid dienone is 1. The molecule has 2 aromatic rings. The Balaban J connectivity index is 2.02. The zero-order chi connectivity index (χ0) is 20.0. The molecular formula is C22H30N2O3. The van der Waals surface area contributed by atoms with E-state index in [-0.39, 0.29) is 5.78 Å². The quantitative estimate of drug-likeness (QED) is 0.593. The van der Waals surface area contributed by atoms with Crippen molar-refractivity contribution in [1.82, 2.24) is 4.98 Å². The molecule has 0 saturated heterocycles. The molecule has 2 rings (SSSR count). The van der Waals surface area contributed by atoms with Crippen LogP contribution in [0.5, 0.6) is 0 Å². The SMILES string of the molecule is C=CC(C)CCCC(=O)Cc1c[nH]c2ccc(NC(=O)OC(C)(C)C)cc12. The number of carbonyl (C=O) groups excluding carboxylic acids is 2. The Morgan fingerprint density at radius 1 is 1.33 bits per heavy atom. The lowest BCUT2D eigenvalue weighted by Gasteiger charge is -2.19. The van der Waals surface area contributed by atoms with Crippen LogP contribution in [-0.2, 0) is 16.0 Å². The number of benzene rings is 1. The summed E-state index contributed by atoms with van der Waals surface area (Å²) in [5, 5.41) is 3.69. The van der Waals surface area contributed by atoms with Crippen LogP contribution in [-0.4, -0.2) is 22.5 Å². The minimum Gasteiger partial charge on any atom is -0.444 e. The first-order valence-corrected chi connectivity index (χ1v) is 9.42. The molecule has 0 spiro atoms. The highest BCUT2D eigenvalue weighted by Crippen LogP contribution is 2.24. The minimum atomic E-state index is -0.553. The van der Waals surface area contributed by atoms with Crippen molar-refractivity contribution >= 4 is 28.5 Å². The molecule has 1 aromatic carbocycles. The number of hydrogen-bond acceptors (Lipinski definition) is 3. The number of amides is 1. The summed E-state index contributed by atoms with van der Waals surface area (Å²) in [4.78, 5) is 27.5. The monoisotopic (exact) mass is 370 g/mol. The predicted molar refractivity (Wildman–Crippen MR) is 110 cm³/mol. The number of nitrogens with one attached hydrogen (secondary N) is 2. The van der Waals surface area contributed by atoms with E-state index < -0.39 is 11.7 Å². The lowest BCUT2D eigenvalue weighted by Crippen LogP contribution is -2.27. The number of ketones is 1. The zero-order valence-electron chi connectivity index (χ0n) is 16.7. The van der Waals surface area contributed by atoms with Crippen molar-refractivity contribution in [2.24, 2.45) is 5.92 Å². The zero-order valence-corrected chi connectivity index (χ0v) is 16.7. The Bertz CT molecular complexity index is 815. The van der Waals surface area contributed by atoms with Gasteiger partial charge in [-0.2, -0.15) is 0 Å². The van der Waals surface area contributed by atoms with E-state index in [1.54, 1.807) is 0 Å². The maximum Gasteiger partial charge on any atom is 0.412 e. The molecule has 0 fully saturated rings. The van der Waals surface area contributed by atoms with E-state index in [0.29, 0.717) is 24.4 Å². The van der Waals surface area contributed by atoms with Gasteiger partial charge in [-0.3, -0.25) is 10.1 Å². The maximum absolute atomic E-state index is 12.3. The van der Waals surface area contributed by atoms with Gasteiger partial charge in [-0.05, 0) is 63.3 Å². The summed E-state index contributed by atoms with van der Waals surface area (Å²) < 4.78 is 5.28. The van der Waals surface area contributed by atoms with Gasteiger partial charge in [0.15, 0.2) is 0 Å².